The van der Waals surface area contributed by atoms with Gasteiger partial charge in [-0.15, -0.1) is 0 Å². The molecule has 0 aromatic heterocycles. The highest BCUT2D eigenvalue weighted by Gasteiger charge is 2.15. The van der Waals surface area contributed by atoms with Gasteiger partial charge in [0.2, 0.25) is 5.91 Å². The first-order chi connectivity index (χ1) is 8.22. The Kier molecular flexibility index (Phi) is 6.43. The third-order valence-electron chi connectivity index (χ3n) is 2.95. The molecule has 0 aromatic rings. The summed E-state index contributed by atoms with van der Waals surface area (Å²) in [5.41, 5.74) is 0. The predicted molar refractivity (Wildman–Crippen MR) is 66.7 cm³/mol. The number of rotatable bonds is 5. The molecule has 1 aliphatic carbocycles. The molecule has 98 valence electrons. The van der Waals surface area contributed by atoms with Gasteiger partial charge >= 0.3 is 6.03 Å². The molecule has 0 radical (unpaired) electrons. The van der Waals surface area contributed by atoms with E-state index in [0.29, 0.717) is 25.6 Å². The third-order valence-corrected chi connectivity index (χ3v) is 2.95. The minimum Gasteiger partial charge on any atom is -0.356 e. The summed E-state index contributed by atoms with van der Waals surface area (Å²) >= 11 is 0. The minimum absolute atomic E-state index is 0.0227. The number of hydrogen-bond acceptors (Lipinski definition) is 2. The van der Waals surface area contributed by atoms with Gasteiger partial charge in [0.25, 0.3) is 0 Å². The Labute approximate surface area is 103 Å². The Morgan fingerprint density at radius 3 is 2.47 bits per heavy atom. The second-order valence-electron chi connectivity index (χ2n) is 4.44. The van der Waals surface area contributed by atoms with Crippen LogP contribution < -0.4 is 16.0 Å². The fraction of sp³-hybridized carbons (Fsp3) is 0.833. The lowest BCUT2D eigenvalue weighted by molar-refractivity contribution is -0.120. The largest absolute Gasteiger partial charge is 0.356 e. The van der Waals surface area contributed by atoms with E-state index in [1.807, 2.05) is 6.92 Å². The van der Waals surface area contributed by atoms with E-state index in [1.165, 1.54) is 19.3 Å². The maximum atomic E-state index is 11.5. The van der Waals surface area contributed by atoms with Crippen LogP contribution in [0.5, 0.6) is 0 Å². The van der Waals surface area contributed by atoms with Crippen LogP contribution in [0.2, 0.25) is 0 Å². The molecule has 0 aliphatic heterocycles. The van der Waals surface area contributed by atoms with Gasteiger partial charge in [-0.2, -0.15) is 0 Å². The molecule has 0 saturated heterocycles. The van der Waals surface area contributed by atoms with Crippen molar-refractivity contribution in [2.45, 2.75) is 51.5 Å². The highest BCUT2D eigenvalue weighted by Crippen LogP contribution is 2.16. The molecule has 0 unspecified atom stereocenters. The first-order valence-electron chi connectivity index (χ1n) is 6.53. The molecule has 1 aliphatic rings. The van der Waals surface area contributed by atoms with E-state index in [0.717, 1.165) is 12.8 Å². The van der Waals surface area contributed by atoms with Crippen molar-refractivity contribution < 1.29 is 9.59 Å². The van der Waals surface area contributed by atoms with E-state index in [1.54, 1.807) is 0 Å². The van der Waals surface area contributed by atoms with Gasteiger partial charge in [-0.25, -0.2) is 4.79 Å². The first-order valence-corrected chi connectivity index (χ1v) is 6.53. The molecule has 1 rings (SSSR count). The lowest BCUT2D eigenvalue weighted by Crippen LogP contribution is -2.43. The zero-order chi connectivity index (χ0) is 12.5. The highest BCUT2D eigenvalue weighted by atomic mass is 16.2. The maximum absolute atomic E-state index is 11.5. The number of urea groups is 1. The summed E-state index contributed by atoms with van der Waals surface area (Å²) in [6.07, 6.45) is 6.16. The van der Waals surface area contributed by atoms with Crippen molar-refractivity contribution in [3.05, 3.63) is 0 Å². The fourth-order valence-electron chi connectivity index (χ4n) is 2.06. The van der Waals surface area contributed by atoms with E-state index in [9.17, 15) is 9.59 Å². The summed E-state index contributed by atoms with van der Waals surface area (Å²) in [4.78, 5) is 22.6. The van der Waals surface area contributed by atoms with Crippen molar-refractivity contribution in [2.75, 3.05) is 13.1 Å². The quantitative estimate of drug-likeness (QED) is 0.675. The molecule has 3 amide bonds. The Balaban J connectivity index is 2.06. The average molecular weight is 241 g/mol. The van der Waals surface area contributed by atoms with Crippen molar-refractivity contribution in [2.24, 2.45) is 0 Å². The number of amides is 3. The van der Waals surface area contributed by atoms with Crippen LogP contribution in [0.25, 0.3) is 0 Å². The Morgan fingerprint density at radius 1 is 1.12 bits per heavy atom. The van der Waals surface area contributed by atoms with Crippen LogP contribution in [0.4, 0.5) is 4.79 Å². The van der Waals surface area contributed by atoms with Crippen LogP contribution in [-0.4, -0.2) is 31.1 Å². The molecule has 5 heteroatoms. The SMILES string of the molecule is CCNC(=O)CCNC(=O)NC1CCCCC1. The molecule has 3 N–H and O–H groups in total. The van der Waals surface area contributed by atoms with Gasteiger partial charge in [-0.3, -0.25) is 4.79 Å². The molecule has 0 heterocycles. The number of carbonyl (C=O) groups excluding carboxylic acids is 2. The third kappa shape index (κ3) is 6.14. The second kappa shape index (κ2) is 7.92. The molecular formula is C12H23N3O2. The molecular weight excluding hydrogens is 218 g/mol. The molecule has 0 aromatic carbocycles. The summed E-state index contributed by atoms with van der Waals surface area (Å²) in [5, 5.41) is 8.34. The van der Waals surface area contributed by atoms with E-state index >= 15 is 0 Å². The molecule has 1 saturated carbocycles. The summed E-state index contributed by atoms with van der Waals surface area (Å²) in [7, 11) is 0. The van der Waals surface area contributed by atoms with Crippen molar-refractivity contribution in [1.82, 2.24) is 16.0 Å². The number of carbonyl (C=O) groups is 2. The Hall–Kier alpha value is -1.26. The number of nitrogens with one attached hydrogen (secondary N) is 3. The van der Waals surface area contributed by atoms with Gasteiger partial charge in [0.15, 0.2) is 0 Å². The zero-order valence-corrected chi connectivity index (χ0v) is 10.6. The molecule has 17 heavy (non-hydrogen) atoms. The first kappa shape index (κ1) is 13.8. The van der Waals surface area contributed by atoms with Gasteiger partial charge in [0.05, 0.1) is 0 Å². The van der Waals surface area contributed by atoms with E-state index < -0.39 is 0 Å². The summed E-state index contributed by atoms with van der Waals surface area (Å²) in [5.74, 6) is -0.0227. The van der Waals surface area contributed by atoms with E-state index in [2.05, 4.69) is 16.0 Å². The van der Waals surface area contributed by atoms with Gasteiger partial charge in [0.1, 0.15) is 0 Å². The van der Waals surface area contributed by atoms with Crippen LogP contribution in [0.3, 0.4) is 0 Å². The van der Waals surface area contributed by atoms with E-state index in [-0.39, 0.29) is 11.9 Å². The van der Waals surface area contributed by atoms with Crippen molar-refractivity contribution >= 4 is 11.9 Å². The van der Waals surface area contributed by atoms with Crippen LogP contribution in [-0.2, 0) is 4.79 Å². The van der Waals surface area contributed by atoms with Crippen molar-refractivity contribution in [3.8, 4) is 0 Å². The second-order valence-corrected chi connectivity index (χ2v) is 4.44. The summed E-state index contributed by atoms with van der Waals surface area (Å²) in [6, 6.07) is 0.161. The molecule has 1 fully saturated rings. The predicted octanol–water partition coefficient (Wildman–Crippen LogP) is 1.14. The van der Waals surface area contributed by atoms with Gasteiger partial charge in [0, 0.05) is 25.6 Å². The van der Waals surface area contributed by atoms with Gasteiger partial charge < -0.3 is 16.0 Å². The minimum atomic E-state index is -0.152. The average Bonchev–Trinajstić information content (AvgIpc) is 2.30. The smallest absolute Gasteiger partial charge is 0.315 e. The molecule has 0 spiro atoms. The monoisotopic (exact) mass is 241 g/mol. The van der Waals surface area contributed by atoms with Crippen molar-refractivity contribution in [1.29, 1.82) is 0 Å². The lowest BCUT2D eigenvalue weighted by Gasteiger charge is -2.22. The molecule has 5 nitrogen and oxygen atoms in total. The van der Waals surface area contributed by atoms with Crippen LogP contribution in [0, 0.1) is 0 Å². The van der Waals surface area contributed by atoms with Gasteiger partial charge in [-0.05, 0) is 19.8 Å². The van der Waals surface area contributed by atoms with Crippen molar-refractivity contribution in [3.63, 3.8) is 0 Å². The standard InChI is InChI=1S/C12H23N3O2/c1-2-13-11(16)8-9-14-12(17)15-10-6-4-3-5-7-10/h10H,2-9H2,1H3,(H,13,16)(H2,14,15,17). The summed E-state index contributed by atoms with van der Waals surface area (Å²) in [6.45, 7) is 2.90. The lowest BCUT2D eigenvalue weighted by atomic mass is 9.96. The zero-order valence-electron chi connectivity index (χ0n) is 10.6. The van der Waals surface area contributed by atoms with E-state index in [4.69, 9.17) is 0 Å². The van der Waals surface area contributed by atoms with Crippen LogP contribution in [0.15, 0.2) is 0 Å². The normalized spacial score (nSPS) is 16.3. The van der Waals surface area contributed by atoms with Gasteiger partial charge in [-0.1, -0.05) is 19.3 Å². The molecule has 0 bridgehead atoms. The fourth-order valence-corrected chi connectivity index (χ4v) is 2.06. The topological polar surface area (TPSA) is 70.2 Å². The highest BCUT2D eigenvalue weighted by molar-refractivity contribution is 5.78. The van der Waals surface area contributed by atoms with Crippen LogP contribution in [0.1, 0.15) is 45.4 Å². The summed E-state index contributed by atoms with van der Waals surface area (Å²) < 4.78 is 0. The Morgan fingerprint density at radius 2 is 1.82 bits per heavy atom. The Bertz CT molecular complexity index is 250. The number of hydrogen-bond donors (Lipinski definition) is 3. The van der Waals surface area contributed by atoms with Crippen LogP contribution >= 0.6 is 0 Å². The maximum Gasteiger partial charge on any atom is 0.315 e. The molecule has 0 atom stereocenters.